The summed E-state index contributed by atoms with van der Waals surface area (Å²) >= 11 is 0. The van der Waals surface area contributed by atoms with Gasteiger partial charge in [-0.15, -0.1) is 0 Å². The molecule has 108 valence electrons. The van der Waals surface area contributed by atoms with Crippen LogP contribution >= 0.6 is 10.7 Å². The number of carbonyl (C=O) groups excluding carboxylic acids is 1. The summed E-state index contributed by atoms with van der Waals surface area (Å²) in [6.07, 6.45) is 0.746. The third-order valence-corrected chi connectivity index (χ3v) is 4.36. The van der Waals surface area contributed by atoms with Crippen molar-refractivity contribution < 1.29 is 13.2 Å². The summed E-state index contributed by atoms with van der Waals surface area (Å²) in [4.78, 5) is 11.8. The molecule has 19 heavy (non-hydrogen) atoms. The largest absolute Gasteiger partial charge is 0.348 e. The molecule has 0 radical (unpaired) electrons. The first-order valence-electron chi connectivity index (χ1n) is 5.99. The lowest BCUT2D eigenvalue weighted by atomic mass is 10.0. The van der Waals surface area contributed by atoms with Gasteiger partial charge in [0.2, 0.25) is 0 Å². The van der Waals surface area contributed by atoms with Gasteiger partial charge in [0.1, 0.15) is 4.90 Å². The van der Waals surface area contributed by atoms with Crippen LogP contribution in [-0.4, -0.2) is 30.6 Å². The van der Waals surface area contributed by atoms with Crippen LogP contribution in [0, 0.1) is 12.8 Å². The molecule has 1 unspecified atom stereocenters. The molecule has 1 aromatic heterocycles. The molecule has 0 aliphatic carbocycles. The van der Waals surface area contributed by atoms with E-state index in [1.54, 1.807) is 0 Å². The quantitative estimate of drug-likeness (QED) is 0.811. The van der Waals surface area contributed by atoms with E-state index in [1.165, 1.54) is 6.92 Å². The Balaban J connectivity index is 3.09. The van der Waals surface area contributed by atoms with Crippen LogP contribution in [0.5, 0.6) is 0 Å². The van der Waals surface area contributed by atoms with Crippen molar-refractivity contribution in [3.8, 4) is 0 Å². The third-order valence-electron chi connectivity index (χ3n) is 2.91. The van der Waals surface area contributed by atoms with E-state index < -0.39 is 15.0 Å². The van der Waals surface area contributed by atoms with Crippen molar-refractivity contribution in [2.75, 3.05) is 0 Å². The van der Waals surface area contributed by atoms with Crippen LogP contribution in [0.4, 0.5) is 0 Å². The number of amides is 1. The fourth-order valence-electron chi connectivity index (χ4n) is 1.85. The minimum absolute atomic E-state index is 0.0459. The Morgan fingerprint density at radius 2 is 2.05 bits per heavy atom. The molecule has 0 spiro atoms. The van der Waals surface area contributed by atoms with E-state index in [0.717, 1.165) is 6.42 Å². The summed E-state index contributed by atoms with van der Waals surface area (Å²) in [7, 11) is 1.31. The molecule has 0 aliphatic heterocycles. The fraction of sp³-hybridized carbons (Fsp3) is 0.636. The summed E-state index contributed by atoms with van der Waals surface area (Å²) < 4.78 is 22.9. The van der Waals surface area contributed by atoms with Gasteiger partial charge in [-0.3, -0.25) is 9.89 Å². The summed E-state index contributed by atoms with van der Waals surface area (Å²) in [5, 5.41) is 8.96. The molecule has 0 saturated heterocycles. The SMILES string of the molecule is CCC(NC(=O)c1n[nH]c(C)c1S(=O)(=O)Cl)C(C)C. The number of aromatic nitrogens is 2. The van der Waals surface area contributed by atoms with E-state index in [0.29, 0.717) is 0 Å². The van der Waals surface area contributed by atoms with Crippen LogP contribution in [0.25, 0.3) is 0 Å². The van der Waals surface area contributed by atoms with Gasteiger partial charge in [0.25, 0.3) is 15.0 Å². The van der Waals surface area contributed by atoms with Gasteiger partial charge in [-0.25, -0.2) is 8.42 Å². The van der Waals surface area contributed by atoms with Gasteiger partial charge in [-0.1, -0.05) is 20.8 Å². The highest BCUT2D eigenvalue weighted by molar-refractivity contribution is 8.13. The molecular formula is C11H18ClN3O3S. The van der Waals surface area contributed by atoms with E-state index in [4.69, 9.17) is 10.7 Å². The molecule has 0 saturated carbocycles. The molecule has 0 aromatic carbocycles. The molecule has 1 aromatic rings. The first-order chi connectivity index (χ1) is 8.68. The van der Waals surface area contributed by atoms with Crippen LogP contribution in [0.3, 0.4) is 0 Å². The zero-order valence-electron chi connectivity index (χ0n) is 11.3. The van der Waals surface area contributed by atoms with Crippen molar-refractivity contribution in [1.29, 1.82) is 0 Å². The second-order valence-corrected chi connectivity index (χ2v) is 7.20. The summed E-state index contributed by atoms with van der Waals surface area (Å²) in [5.74, 6) is -0.297. The minimum atomic E-state index is -4.01. The van der Waals surface area contributed by atoms with Crippen molar-refractivity contribution in [3.05, 3.63) is 11.4 Å². The Hall–Kier alpha value is -1.08. The van der Waals surface area contributed by atoms with Gasteiger partial charge in [-0.05, 0) is 19.3 Å². The lowest BCUT2D eigenvalue weighted by Crippen LogP contribution is -2.38. The minimum Gasteiger partial charge on any atom is -0.348 e. The Kier molecular flexibility index (Phi) is 4.98. The number of carbonyl (C=O) groups is 1. The molecule has 1 heterocycles. The number of hydrogen-bond acceptors (Lipinski definition) is 4. The average Bonchev–Trinajstić information content (AvgIpc) is 2.66. The number of aryl methyl sites for hydroxylation is 1. The van der Waals surface area contributed by atoms with Gasteiger partial charge in [0.15, 0.2) is 5.69 Å². The molecule has 8 heteroatoms. The van der Waals surface area contributed by atoms with Gasteiger partial charge >= 0.3 is 0 Å². The number of halogens is 1. The Labute approximate surface area is 117 Å². The van der Waals surface area contributed by atoms with Crippen molar-refractivity contribution in [2.45, 2.75) is 45.1 Å². The predicted molar refractivity (Wildman–Crippen MR) is 72.7 cm³/mol. The lowest BCUT2D eigenvalue weighted by Gasteiger charge is -2.20. The zero-order valence-corrected chi connectivity index (χ0v) is 12.9. The van der Waals surface area contributed by atoms with Gasteiger partial charge < -0.3 is 5.32 Å². The van der Waals surface area contributed by atoms with Crippen LogP contribution in [0.1, 0.15) is 43.4 Å². The Morgan fingerprint density at radius 3 is 2.47 bits per heavy atom. The van der Waals surface area contributed by atoms with E-state index >= 15 is 0 Å². The summed E-state index contributed by atoms with van der Waals surface area (Å²) in [6, 6.07) is -0.0459. The third kappa shape index (κ3) is 3.70. The van der Waals surface area contributed by atoms with E-state index in [2.05, 4.69) is 15.5 Å². The first kappa shape index (κ1) is 16.0. The second kappa shape index (κ2) is 5.92. The van der Waals surface area contributed by atoms with Gasteiger partial charge in [0, 0.05) is 16.7 Å². The summed E-state index contributed by atoms with van der Waals surface area (Å²) in [5.41, 5.74) is 0.0596. The van der Waals surface area contributed by atoms with Crippen molar-refractivity contribution in [2.24, 2.45) is 5.92 Å². The number of rotatable bonds is 5. The standard InChI is InChI=1S/C11H18ClN3O3S/c1-5-8(6(2)3)13-11(16)9-10(19(12,17)18)7(4)14-15-9/h6,8H,5H2,1-4H3,(H,13,16)(H,14,15). The maximum absolute atomic E-state index is 12.1. The maximum Gasteiger partial charge on any atom is 0.273 e. The van der Waals surface area contributed by atoms with E-state index in [1.807, 2.05) is 20.8 Å². The zero-order chi connectivity index (χ0) is 14.8. The van der Waals surface area contributed by atoms with E-state index in [-0.39, 0.29) is 28.2 Å². The second-order valence-electron chi connectivity index (χ2n) is 4.70. The summed E-state index contributed by atoms with van der Waals surface area (Å²) in [6.45, 7) is 7.39. The molecule has 0 fully saturated rings. The molecule has 0 bridgehead atoms. The molecule has 1 atom stereocenters. The highest BCUT2D eigenvalue weighted by Gasteiger charge is 2.28. The van der Waals surface area contributed by atoms with Crippen LogP contribution in [0.15, 0.2) is 4.90 Å². The van der Waals surface area contributed by atoms with Crippen molar-refractivity contribution in [3.63, 3.8) is 0 Å². The van der Waals surface area contributed by atoms with Gasteiger partial charge in [0.05, 0.1) is 5.69 Å². The Bertz CT molecular complexity index is 566. The average molecular weight is 308 g/mol. The van der Waals surface area contributed by atoms with E-state index in [9.17, 15) is 13.2 Å². The number of H-pyrrole nitrogens is 1. The molecular weight excluding hydrogens is 290 g/mol. The maximum atomic E-state index is 12.1. The number of nitrogens with zero attached hydrogens (tertiary/aromatic N) is 1. The smallest absolute Gasteiger partial charge is 0.273 e. The molecule has 1 amide bonds. The van der Waals surface area contributed by atoms with Crippen LogP contribution in [0.2, 0.25) is 0 Å². The Morgan fingerprint density at radius 1 is 1.47 bits per heavy atom. The van der Waals surface area contributed by atoms with Crippen LogP contribution < -0.4 is 5.32 Å². The molecule has 1 rings (SSSR count). The predicted octanol–water partition coefficient (Wildman–Crippen LogP) is 1.81. The normalized spacial score (nSPS) is 13.6. The lowest BCUT2D eigenvalue weighted by molar-refractivity contribution is 0.0916. The molecule has 0 aliphatic rings. The van der Waals surface area contributed by atoms with Crippen LogP contribution in [-0.2, 0) is 9.05 Å². The number of aromatic amines is 1. The van der Waals surface area contributed by atoms with Crippen molar-refractivity contribution >= 4 is 25.6 Å². The number of nitrogens with one attached hydrogen (secondary N) is 2. The monoisotopic (exact) mass is 307 g/mol. The highest BCUT2D eigenvalue weighted by Crippen LogP contribution is 2.22. The topological polar surface area (TPSA) is 91.9 Å². The molecule has 2 N–H and O–H groups in total. The first-order valence-corrected chi connectivity index (χ1v) is 8.29. The molecule has 6 nitrogen and oxygen atoms in total. The fourth-order valence-corrected chi connectivity index (χ4v) is 3.20. The van der Waals surface area contributed by atoms with Crippen molar-refractivity contribution in [1.82, 2.24) is 15.5 Å². The highest BCUT2D eigenvalue weighted by atomic mass is 35.7. The number of hydrogen-bond donors (Lipinski definition) is 2. The van der Waals surface area contributed by atoms with Gasteiger partial charge in [-0.2, -0.15) is 5.10 Å².